The second-order valence-electron chi connectivity index (χ2n) is 7.67. The molecule has 2 heterocycles. The lowest BCUT2D eigenvalue weighted by Crippen LogP contribution is -2.41. The third-order valence-corrected chi connectivity index (χ3v) is 5.37. The molecule has 2 saturated heterocycles. The van der Waals surface area contributed by atoms with Crippen molar-refractivity contribution in [2.75, 3.05) is 26.2 Å². The quantitative estimate of drug-likeness (QED) is 0.811. The van der Waals surface area contributed by atoms with Gasteiger partial charge in [-0.05, 0) is 78.6 Å². The van der Waals surface area contributed by atoms with Gasteiger partial charge in [0.2, 0.25) is 0 Å². The average Bonchev–Trinajstić information content (AvgIpc) is 2.67. The first-order chi connectivity index (χ1) is 10.2. The summed E-state index contributed by atoms with van der Waals surface area (Å²) in [5.41, 5.74) is 5.12. The van der Waals surface area contributed by atoms with E-state index in [0.717, 1.165) is 32.5 Å². The number of nitrogens with two attached hydrogens (primary N) is 1. The van der Waals surface area contributed by atoms with Crippen molar-refractivity contribution in [1.82, 2.24) is 4.90 Å². The molecule has 0 amide bonds. The molecule has 0 radical (unpaired) electrons. The maximum atomic E-state index is 14.7. The van der Waals surface area contributed by atoms with Crippen molar-refractivity contribution in [2.24, 2.45) is 11.7 Å². The lowest BCUT2D eigenvalue weighted by atomic mass is 9.84. The van der Waals surface area contributed by atoms with Crippen LogP contribution in [0.2, 0.25) is 0 Å². The summed E-state index contributed by atoms with van der Waals surface area (Å²) in [5.74, 6) is 0.619. The van der Waals surface area contributed by atoms with E-state index < -0.39 is 18.3 Å². The van der Waals surface area contributed by atoms with Crippen LogP contribution < -0.4 is 5.73 Å². The molecular formula is C16H30BFN2O2. The second kappa shape index (κ2) is 6.60. The van der Waals surface area contributed by atoms with E-state index in [1.54, 1.807) is 0 Å². The molecule has 2 aliphatic heterocycles. The fraction of sp³-hybridized carbons (Fsp3) is 0.875. The largest absolute Gasteiger partial charge is 0.525 e. The molecule has 0 aromatic heterocycles. The predicted octanol–water partition coefficient (Wildman–Crippen LogP) is 2.53. The van der Waals surface area contributed by atoms with Gasteiger partial charge in [0, 0.05) is 6.54 Å². The van der Waals surface area contributed by atoms with Crippen LogP contribution in [0, 0.1) is 5.92 Å². The van der Waals surface area contributed by atoms with Crippen LogP contribution in [-0.2, 0) is 9.31 Å². The van der Waals surface area contributed by atoms with Gasteiger partial charge in [-0.25, -0.2) is 4.39 Å². The van der Waals surface area contributed by atoms with E-state index in [2.05, 4.69) is 4.90 Å². The zero-order valence-electron chi connectivity index (χ0n) is 14.6. The number of halogens is 1. The minimum Gasteiger partial charge on any atom is -0.398 e. The van der Waals surface area contributed by atoms with Crippen LogP contribution >= 0.6 is 0 Å². The van der Waals surface area contributed by atoms with Crippen molar-refractivity contribution in [3.8, 4) is 0 Å². The highest BCUT2D eigenvalue weighted by Crippen LogP contribution is 2.39. The van der Waals surface area contributed by atoms with Crippen molar-refractivity contribution < 1.29 is 13.7 Å². The van der Waals surface area contributed by atoms with Crippen LogP contribution in [0.4, 0.5) is 4.39 Å². The second-order valence-corrected chi connectivity index (χ2v) is 7.67. The number of hydrogen-bond acceptors (Lipinski definition) is 4. The fourth-order valence-electron chi connectivity index (χ4n) is 2.94. The molecule has 0 spiro atoms. The summed E-state index contributed by atoms with van der Waals surface area (Å²) in [6.07, 6.45) is 2.20. The van der Waals surface area contributed by atoms with E-state index in [9.17, 15) is 4.39 Å². The molecule has 4 nitrogen and oxygen atoms in total. The number of hydrogen-bond donors (Lipinski definition) is 1. The summed E-state index contributed by atoms with van der Waals surface area (Å²) in [6.45, 7) is 12.9. The van der Waals surface area contributed by atoms with Crippen LogP contribution in [0.1, 0.15) is 47.5 Å². The lowest BCUT2D eigenvalue weighted by Gasteiger charge is -2.32. The van der Waals surface area contributed by atoms with E-state index in [-0.39, 0.29) is 5.73 Å². The molecule has 0 saturated carbocycles. The molecule has 2 fully saturated rings. The molecular weight excluding hydrogens is 282 g/mol. The highest BCUT2D eigenvalue weighted by atomic mass is 19.1. The molecule has 0 aliphatic carbocycles. The Morgan fingerprint density at radius 3 is 2.14 bits per heavy atom. The van der Waals surface area contributed by atoms with Gasteiger partial charge >= 0.3 is 7.12 Å². The Morgan fingerprint density at radius 2 is 1.68 bits per heavy atom. The third kappa shape index (κ3) is 3.73. The predicted molar refractivity (Wildman–Crippen MR) is 88.1 cm³/mol. The zero-order valence-corrected chi connectivity index (χ0v) is 14.6. The summed E-state index contributed by atoms with van der Waals surface area (Å²) in [4.78, 5) is 2.28. The Labute approximate surface area is 134 Å². The normalized spacial score (nSPS) is 27.1. The van der Waals surface area contributed by atoms with Crippen LogP contribution in [0.25, 0.3) is 0 Å². The van der Waals surface area contributed by atoms with Gasteiger partial charge in [0.15, 0.2) is 0 Å². The Morgan fingerprint density at radius 1 is 1.18 bits per heavy atom. The summed E-state index contributed by atoms with van der Waals surface area (Å²) in [5, 5.41) is 0. The standard InChI is InChI=1S/C16H30BFN2O2/c1-12(11-20-8-6-13(10-19)7-9-20)14(18)17-21-15(2,3)16(4,5)22-17/h13H,6-11,19H2,1-5H3. The van der Waals surface area contributed by atoms with Crippen molar-refractivity contribution in [3.05, 3.63) is 11.3 Å². The van der Waals surface area contributed by atoms with Gasteiger partial charge in [-0.15, -0.1) is 0 Å². The number of piperidine rings is 1. The van der Waals surface area contributed by atoms with E-state index >= 15 is 0 Å². The topological polar surface area (TPSA) is 47.7 Å². The monoisotopic (exact) mass is 312 g/mol. The first kappa shape index (κ1) is 17.9. The molecule has 0 unspecified atom stereocenters. The molecule has 2 N–H and O–H groups in total. The number of likely N-dealkylation sites (tertiary alicyclic amines) is 1. The van der Waals surface area contributed by atoms with Gasteiger partial charge in [-0.2, -0.15) is 0 Å². The van der Waals surface area contributed by atoms with Crippen molar-refractivity contribution >= 4 is 7.12 Å². The fourth-order valence-corrected chi connectivity index (χ4v) is 2.94. The minimum absolute atomic E-state index is 0.278. The van der Waals surface area contributed by atoms with Crippen LogP contribution in [0.15, 0.2) is 11.3 Å². The maximum Gasteiger partial charge on any atom is 0.525 e. The summed E-state index contributed by atoms with van der Waals surface area (Å²) >= 11 is 0. The van der Waals surface area contributed by atoms with Crippen molar-refractivity contribution in [1.29, 1.82) is 0 Å². The molecule has 0 bridgehead atoms. The minimum atomic E-state index is -0.883. The smallest absolute Gasteiger partial charge is 0.398 e. The summed E-state index contributed by atoms with van der Waals surface area (Å²) in [7, 11) is -0.883. The molecule has 2 aliphatic rings. The molecule has 0 aromatic rings. The van der Waals surface area contributed by atoms with Crippen LogP contribution in [-0.4, -0.2) is 49.4 Å². The first-order valence-corrected chi connectivity index (χ1v) is 8.29. The molecule has 126 valence electrons. The zero-order chi connectivity index (χ0) is 16.5. The first-order valence-electron chi connectivity index (χ1n) is 8.29. The van der Waals surface area contributed by atoms with Gasteiger partial charge in [0.25, 0.3) is 0 Å². The van der Waals surface area contributed by atoms with E-state index in [4.69, 9.17) is 15.0 Å². The third-order valence-electron chi connectivity index (χ3n) is 5.37. The Bertz CT molecular complexity index is 416. The Balaban J connectivity index is 1.96. The molecule has 0 atom stereocenters. The van der Waals surface area contributed by atoms with E-state index in [0.29, 0.717) is 18.0 Å². The van der Waals surface area contributed by atoms with Crippen LogP contribution in [0.5, 0.6) is 0 Å². The lowest BCUT2D eigenvalue weighted by molar-refractivity contribution is 0.00578. The van der Waals surface area contributed by atoms with E-state index in [1.807, 2.05) is 34.6 Å². The summed E-state index contributed by atoms with van der Waals surface area (Å²) in [6, 6.07) is 0. The van der Waals surface area contributed by atoms with Gasteiger partial charge in [0.05, 0.1) is 11.2 Å². The highest BCUT2D eigenvalue weighted by Gasteiger charge is 2.53. The van der Waals surface area contributed by atoms with Gasteiger partial charge in [-0.1, -0.05) is 0 Å². The Hall–Kier alpha value is -0.425. The molecule has 2 rings (SSSR count). The van der Waals surface area contributed by atoms with E-state index in [1.165, 1.54) is 0 Å². The van der Waals surface area contributed by atoms with Crippen molar-refractivity contribution in [2.45, 2.75) is 58.7 Å². The van der Waals surface area contributed by atoms with Crippen LogP contribution in [0.3, 0.4) is 0 Å². The number of nitrogens with zero attached hydrogens (tertiary/aromatic N) is 1. The maximum absolute atomic E-state index is 14.7. The average molecular weight is 312 g/mol. The highest BCUT2D eigenvalue weighted by molar-refractivity contribution is 6.53. The molecule has 6 heteroatoms. The number of rotatable bonds is 4. The molecule has 22 heavy (non-hydrogen) atoms. The Kier molecular flexibility index (Phi) is 5.37. The van der Waals surface area contributed by atoms with Gasteiger partial charge in [-0.3, -0.25) is 4.90 Å². The van der Waals surface area contributed by atoms with Gasteiger partial charge < -0.3 is 15.0 Å². The molecule has 0 aromatic carbocycles. The van der Waals surface area contributed by atoms with Gasteiger partial charge in [0.1, 0.15) is 5.73 Å². The summed E-state index contributed by atoms with van der Waals surface area (Å²) < 4.78 is 26.2. The van der Waals surface area contributed by atoms with Crippen molar-refractivity contribution in [3.63, 3.8) is 0 Å². The SMILES string of the molecule is CC(CN1CCC(CN)CC1)=C(F)B1OC(C)(C)C(C)(C)O1.